The van der Waals surface area contributed by atoms with E-state index < -0.39 is 0 Å². The van der Waals surface area contributed by atoms with Crippen molar-refractivity contribution >= 4 is 29.6 Å². The van der Waals surface area contributed by atoms with Crippen molar-refractivity contribution in [3.63, 3.8) is 0 Å². The van der Waals surface area contributed by atoms with Crippen molar-refractivity contribution in [2.24, 2.45) is 5.92 Å². The molecule has 1 nitrogen and oxygen atoms in total. The van der Waals surface area contributed by atoms with Crippen molar-refractivity contribution in [3.05, 3.63) is 42.0 Å². The molecule has 0 bridgehead atoms. The fourth-order valence-corrected chi connectivity index (χ4v) is 4.81. The van der Waals surface area contributed by atoms with Crippen LogP contribution in [-0.4, -0.2) is 27.3 Å². The zero-order valence-corrected chi connectivity index (χ0v) is 14.3. The van der Waals surface area contributed by atoms with Crippen LogP contribution in [0.4, 0.5) is 0 Å². The Bertz CT molecular complexity index is 372. The molecule has 1 rings (SSSR count). The minimum atomic E-state index is -0.266. The summed E-state index contributed by atoms with van der Waals surface area (Å²) in [5.74, 6) is 2.52. The van der Waals surface area contributed by atoms with Gasteiger partial charge in [0, 0.05) is 5.92 Å². The molecular weight excluding hydrogens is 284 g/mol. The molecule has 0 aliphatic heterocycles. The summed E-state index contributed by atoms with van der Waals surface area (Å²) in [6, 6.07) is 10.2. The van der Waals surface area contributed by atoms with Crippen LogP contribution in [0.3, 0.4) is 0 Å². The summed E-state index contributed by atoms with van der Waals surface area (Å²) in [6.45, 7) is 6.53. The molecule has 1 N–H and O–H groups in total. The Morgan fingerprint density at radius 2 is 1.70 bits per heavy atom. The molecule has 1 aromatic rings. The van der Waals surface area contributed by atoms with Crippen LogP contribution in [0, 0.1) is 5.92 Å². The number of aliphatic hydroxyl groups is 1. The highest BCUT2D eigenvalue weighted by Gasteiger charge is 2.23. The van der Waals surface area contributed by atoms with E-state index in [9.17, 15) is 5.11 Å². The number of benzene rings is 1. The van der Waals surface area contributed by atoms with Crippen LogP contribution in [0.2, 0.25) is 0 Å². The largest absolute Gasteiger partial charge is 0.392 e. The van der Waals surface area contributed by atoms with Gasteiger partial charge in [0.25, 0.3) is 0 Å². The van der Waals surface area contributed by atoms with E-state index in [1.807, 2.05) is 41.7 Å². The molecule has 0 heterocycles. The van der Waals surface area contributed by atoms with Gasteiger partial charge in [0.15, 0.2) is 0 Å². The van der Waals surface area contributed by atoms with E-state index in [1.165, 1.54) is 5.56 Å². The van der Waals surface area contributed by atoms with Crippen molar-refractivity contribution in [3.8, 4) is 0 Å². The third-order valence-electron chi connectivity index (χ3n) is 3.19. The molecule has 0 spiro atoms. The highest BCUT2D eigenvalue weighted by Crippen LogP contribution is 2.33. The number of hydrogen-bond donors (Lipinski definition) is 1. The van der Waals surface area contributed by atoms with E-state index in [0.717, 1.165) is 17.9 Å². The van der Waals surface area contributed by atoms with Gasteiger partial charge in [-0.25, -0.2) is 0 Å². The Hall–Kier alpha value is -0.380. The van der Waals surface area contributed by atoms with Gasteiger partial charge < -0.3 is 5.11 Å². The lowest BCUT2D eigenvalue weighted by Crippen LogP contribution is -2.25. The van der Waals surface area contributed by atoms with Gasteiger partial charge in [0.2, 0.25) is 0 Å². The number of hydrogen-bond acceptors (Lipinski definition) is 3. The average Bonchev–Trinajstić information content (AvgIpc) is 2.47. The summed E-state index contributed by atoms with van der Waals surface area (Å²) in [4.78, 5) is 0. The standard InChI is InChI=1S/C17H26OS2/c1-4-19-17(20-5-2)14(3)16(18)13-9-12-15-10-7-6-8-11-15/h6-12,14,16-18H,4-5,13H2,1-3H3/b12-9+/t14-,16-/m0/s1. The Morgan fingerprint density at radius 3 is 2.25 bits per heavy atom. The van der Waals surface area contributed by atoms with E-state index in [2.05, 4.69) is 45.1 Å². The van der Waals surface area contributed by atoms with E-state index in [0.29, 0.717) is 10.5 Å². The third-order valence-corrected chi connectivity index (χ3v) is 6.18. The van der Waals surface area contributed by atoms with Crippen molar-refractivity contribution < 1.29 is 5.11 Å². The first-order valence-corrected chi connectivity index (χ1v) is 9.41. The van der Waals surface area contributed by atoms with Crippen molar-refractivity contribution in [1.82, 2.24) is 0 Å². The quantitative estimate of drug-likeness (QED) is 0.654. The SMILES string of the molecule is CCSC(SCC)[C@@H](C)[C@@H](O)C/C=C/c1ccccc1. The summed E-state index contributed by atoms with van der Waals surface area (Å²) in [6.07, 6.45) is 4.63. The van der Waals surface area contributed by atoms with Crippen LogP contribution >= 0.6 is 23.5 Å². The number of aliphatic hydroxyl groups excluding tert-OH is 1. The van der Waals surface area contributed by atoms with Crippen molar-refractivity contribution in [1.29, 1.82) is 0 Å². The van der Waals surface area contributed by atoms with Crippen LogP contribution in [0.1, 0.15) is 32.8 Å². The van der Waals surface area contributed by atoms with Gasteiger partial charge >= 0.3 is 0 Å². The Kier molecular flexibility index (Phi) is 9.16. The number of thioether (sulfide) groups is 2. The van der Waals surface area contributed by atoms with Crippen molar-refractivity contribution in [2.45, 2.75) is 37.9 Å². The fourth-order valence-electron chi connectivity index (χ4n) is 1.98. The lowest BCUT2D eigenvalue weighted by atomic mass is 10.0. The van der Waals surface area contributed by atoms with Crippen LogP contribution in [0.5, 0.6) is 0 Å². The van der Waals surface area contributed by atoms with E-state index in [-0.39, 0.29) is 6.10 Å². The molecule has 3 heteroatoms. The smallest absolute Gasteiger partial charge is 0.0618 e. The Morgan fingerprint density at radius 1 is 1.10 bits per heavy atom. The van der Waals surface area contributed by atoms with Gasteiger partial charge in [0.1, 0.15) is 0 Å². The Balaban J connectivity index is 2.47. The van der Waals surface area contributed by atoms with E-state index in [4.69, 9.17) is 0 Å². The average molecular weight is 311 g/mol. The van der Waals surface area contributed by atoms with Gasteiger partial charge in [-0.1, -0.05) is 63.3 Å². The first kappa shape index (κ1) is 17.7. The summed E-state index contributed by atoms with van der Waals surface area (Å²) < 4.78 is 0.491. The van der Waals surface area contributed by atoms with Crippen LogP contribution < -0.4 is 0 Å². The molecule has 0 radical (unpaired) electrons. The monoisotopic (exact) mass is 310 g/mol. The third kappa shape index (κ3) is 6.38. The van der Waals surface area contributed by atoms with Gasteiger partial charge in [-0.05, 0) is 23.5 Å². The molecule has 0 unspecified atom stereocenters. The molecule has 0 aromatic heterocycles. The van der Waals surface area contributed by atoms with E-state index >= 15 is 0 Å². The topological polar surface area (TPSA) is 20.2 Å². The number of rotatable bonds is 9. The minimum absolute atomic E-state index is 0.266. The van der Waals surface area contributed by atoms with Crippen LogP contribution in [0.15, 0.2) is 36.4 Å². The second-order valence-electron chi connectivity index (χ2n) is 4.75. The first-order valence-electron chi connectivity index (χ1n) is 7.31. The van der Waals surface area contributed by atoms with Gasteiger partial charge in [-0.2, -0.15) is 0 Å². The fraction of sp³-hybridized carbons (Fsp3) is 0.529. The molecule has 0 amide bonds. The van der Waals surface area contributed by atoms with Crippen molar-refractivity contribution in [2.75, 3.05) is 11.5 Å². The second kappa shape index (κ2) is 10.4. The summed E-state index contributed by atoms with van der Waals surface area (Å²) >= 11 is 3.89. The highest BCUT2D eigenvalue weighted by atomic mass is 32.2. The molecule has 0 aliphatic carbocycles. The maximum absolute atomic E-state index is 10.3. The highest BCUT2D eigenvalue weighted by molar-refractivity contribution is 8.17. The molecule has 0 saturated carbocycles. The summed E-state index contributed by atoms with van der Waals surface area (Å²) in [7, 11) is 0. The van der Waals surface area contributed by atoms with Crippen LogP contribution in [0.25, 0.3) is 6.08 Å². The minimum Gasteiger partial charge on any atom is -0.392 e. The molecule has 112 valence electrons. The molecule has 1 aromatic carbocycles. The maximum atomic E-state index is 10.3. The first-order chi connectivity index (χ1) is 9.69. The molecule has 0 saturated heterocycles. The zero-order valence-electron chi connectivity index (χ0n) is 12.7. The van der Waals surface area contributed by atoms with Gasteiger partial charge in [0.05, 0.1) is 10.7 Å². The van der Waals surface area contributed by atoms with Gasteiger partial charge in [-0.3, -0.25) is 0 Å². The lowest BCUT2D eigenvalue weighted by Gasteiger charge is -2.26. The summed E-state index contributed by atoms with van der Waals surface area (Å²) in [5.41, 5.74) is 1.19. The predicted octanol–water partition coefficient (Wildman–Crippen LogP) is 4.92. The van der Waals surface area contributed by atoms with Crippen LogP contribution in [-0.2, 0) is 0 Å². The molecule has 0 aliphatic rings. The zero-order chi connectivity index (χ0) is 14.8. The molecule has 2 atom stereocenters. The molecule has 0 fully saturated rings. The summed E-state index contributed by atoms with van der Waals surface area (Å²) in [5, 5.41) is 10.3. The Labute approximate surface area is 132 Å². The molecule has 20 heavy (non-hydrogen) atoms. The normalized spacial score (nSPS) is 14.8. The van der Waals surface area contributed by atoms with Gasteiger partial charge in [-0.15, -0.1) is 23.5 Å². The predicted molar refractivity (Wildman–Crippen MR) is 95.3 cm³/mol. The second-order valence-corrected chi connectivity index (χ2v) is 7.89. The maximum Gasteiger partial charge on any atom is 0.0618 e. The lowest BCUT2D eigenvalue weighted by molar-refractivity contribution is 0.127. The molecular formula is C17H26OS2. The van der Waals surface area contributed by atoms with E-state index in [1.54, 1.807) is 0 Å².